The maximum absolute atomic E-state index is 14.9. The van der Waals surface area contributed by atoms with E-state index in [-0.39, 0.29) is 35.5 Å². The van der Waals surface area contributed by atoms with Gasteiger partial charge < -0.3 is 14.2 Å². The zero-order chi connectivity index (χ0) is 25.7. The summed E-state index contributed by atoms with van der Waals surface area (Å²) in [5.74, 6) is -2.89. The second-order valence-corrected chi connectivity index (χ2v) is 7.98. The lowest BCUT2D eigenvalue weighted by Crippen LogP contribution is -2.04. The summed E-state index contributed by atoms with van der Waals surface area (Å²) < 4.78 is 74.2. The van der Waals surface area contributed by atoms with Gasteiger partial charge in [-0.1, -0.05) is 48.5 Å². The van der Waals surface area contributed by atoms with Gasteiger partial charge in [0.2, 0.25) is 0 Å². The maximum atomic E-state index is 14.9. The van der Waals surface area contributed by atoms with Crippen LogP contribution in [0.3, 0.4) is 0 Å². The third kappa shape index (κ3) is 5.36. The predicted octanol–water partition coefficient (Wildman–Crippen LogP) is 7.70. The van der Waals surface area contributed by atoms with Crippen LogP contribution in [0.5, 0.6) is 11.5 Å². The highest BCUT2D eigenvalue weighted by molar-refractivity contribution is 5.72. The first kappa shape index (κ1) is 25.3. The largest absolute Gasteiger partial charge is 0.497 e. The van der Waals surface area contributed by atoms with E-state index in [0.29, 0.717) is 29.2 Å². The molecule has 0 saturated carbocycles. The molecule has 0 radical (unpaired) electrons. The number of methoxy groups -OCH3 is 1. The molecular weight excluding hydrogens is 472 g/mol. The molecule has 0 amide bonds. The van der Waals surface area contributed by atoms with Gasteiger partial charge in [-0.05, 0) is 42.3 Å². The summed E-state index contributed by atoms with van der Waals surface area (Å²) in [4.78, 5) is 0. The molecule has 0 fully saturated rings. The third-order valence-corrected chi connectivity index (χ3v) is 5.75. The summed E-state index contributed by atoms with van der Waals surface area (Å²) in [6.07, 6.45) is 0. The number of hydrogen-bond donors (Lipinski definition) is 0. The molecular formula is C29H24F4O3. The summed E-state index contributed by atoms with van der Waals surface area (Å²) in [5, 5.41) is 0. The molecule has 0 bridgehead atoms. The van der Waals surface area contributed by atoms with Crippen LogP contribution < -0.4 is 9.47 Å². The molecule has 0 aromatic heterocycles. The van der Waals surface area contributed by atoms with Crippen molar-refractivity contribution in [3.05, 3.63) is 107 Å². The van der Waals surface area contributed by atoms with E-state index in [4.69, 9.17) is 14.2 Å². The van der Waals surface area contributed by atoms with Gasteiger partial charge in [-0.3, -0.25) is 0 Å². The van der Waals surface area contributed by atoms with Gasteiger partial charge in [0, 0.05) is 28.9 Å². The van der Waals surface area contributed by atoms with Crippen LogP contribution in [0.2, 0.25) is 0 Å². The number of benzene rings is 4. The summed E-state index contributed by atoms with van der Waals surface area (Å²) in [7, 11) is 1.53. The topological polar surface area (TPSA) is 27.7 Å². The fraction of sp³-hybridized carbons (Fsp3) is 0.172. The monoisotopic (exact) mass is 496 g/mol. The van der Waals surface area contributed by atoms with Gasteiger partial charge in [-0.2, -0.15) is 0 Å². The molecule has 7 heteroatoms. The van der Waals surface area contributed by atoms with E-state index in [1.807, 2.05) is 0 Å². The Kier molecular flexibility index (Phi) is 7.90. The first-order valence-electron chi connectivity index (χ1n) is 11.3. The Morgan fingerprint density at radius 3 is 1.50 bits per heavy atom. The average Bonchev–Trinajstić information content (AvgIpc) is 2.91. The molecule has 0 atom stereocenters. The highest BCUT2D eigenvalue weighted by atomic mass is 19.2. The van der Waals surface area contributed by atoms with Crippen LogP contribution in [0.15, 0.2) is 72.8 Å². The lowest BCUT2D eigenvalue weighted by Gasteiger charge is -2.12. The molecule has 0 aliphatic carbocycles. The molecule has 4 aromatic rings. The Morgan fingerprint density at radius 2 is 1.03 bits per heavy atom. The molecule has 0 heterocycles. The minimum Gasteiger partial charge on any atom is -0.497 e. The number of halogens is 4. The average molecular weight is 497 g/mol. The lowest BCUT2D eigenvalue weighted by atomic mass is 9.98. The van der Waals surface area contributed by atoms with Crippen LogP contribution in [0.4, 0.5) is 17.6 Å². The van der Waals surface area contributed by atoms with Crippen molar-refractivity contribution >= 4 is 0 Å². The molecule has 4 rings (SSSR count). The molecule has 0 N–H and O–H groups in total. The van der Waals surface area contributed by atoms with Crippen LogP contribution in [-0.4, -0.2) is 13.7 Å². The van der Waals surface area contributed by atoms with Gasteiger partial charge in [-0.25, -0.2) is 17.6 Å². The SMILES string of the molecule is CCOCc1ccc(COc2ccc(-c3ccc(-c4ccc(OC)cc4)c(F)c3F)cc2)c(F)c1F. The fourth-order valence-electron chi connectivity index (χ4n) is 3.72. The van der Waals surface area contributed by atoms with E-state index in [1.54, 1.807) is 55.5 Å². The van der Waals surface area contributed by atoms with E-state index < -0.39 is 23.3 Å². The third-order valence-electron chi connectivity index (χ3n) is 5.75. The smallest absolute Gasteiger partial charge is 0.167 e. The number of rotatable bonds is 9. The van der Waals surface area contributed by atoms with Gasteiger partial charge in [0.15, 0.2) is 23.3 Å². The molecule has 0 aliphatic rings. The molecule has 36 heavy (non-hydrogen) atoms. The van der Waals surface area contributed by atoms with Crippen molar-refractivity contribution in [2.24, 2.45) is 0 Å². The maximum Gasteiger partial charge on any atom is 0.167 e. The van der Waals surface area contributed by atoms with E-state index in [0.717, 1.165) is 0 Å². The van der Waals surface area contributed by atoms with E-state index in [2.05, 4.69) is 0 Å². The van der Waals surface area contributed by atoms with Gasteiger partial charge in [0.1, 0.15) is 18.1 Å². The van der Waals surface area contributed by atoms with Crippen molar-refractivity contribution in [3.63, 3.8) is 0 Å². The Bertz CT molecular complexity index is 1340. The molecule has 3 nitrogen and oxygen atoms in total. The van der Waals surface area contributed by atoms with Gasteiger partial charge in [0.05, 0.1) is 13.7 Å². The van der Waals surface area contributed by atoms with Crippen LogP contribution in [0.1, 0.15) is 18.1 Å². The quantitative estimate of drug-likeness (QED) is 0.222. The summed E-state index contributed by atoms with van der Waals surface area (Å²) in [6.45, 7) is 1.95. The van der Waals surface area contributed by atoms with Crippen LogP contribution in [0.25, 0.3) is 22.3 Å². The zero-order valence-electron chi connectivity index (χ0n) is 19.8. The minimum absolute atomic E-state index is 0.0138. The molecule has 4 aromatic carbocycles. The predicted molar refractivity (Wildman–Crippen MR) is 130 cm³/mol. The normalized spacial score (nSPS) is 10.9. The second-order valence-electron chi connectivity index (χ2n) is 7.98. The highest BCUT2D eigenvalue weighted by Gasteiger charge is 2.17. The molecule has 0 aliphatic heterocycles. The Morgan fingerprint density at radius 1 is 0.556 bits per heavy atom. The standard InChI is InChI=1S/C29H24F4O3/c1-3-35-16-20-4-5-21(27(31)26(20)30)17-36-23-12-8-19(9-13-23)25-15-14-24(28(32)29(25)33)18-6-10-22(34-2)11-7-18/h4-15H,3,16-17H2,1-2H3. The minimum atomic E-state index is -0.988. The van der Waals surface area contributed by atoms with Gasteiger partial charge in [0.25, 0.3) is 0 Å². The van der Waals surface area contributed by atoms with Crippen molar-refractivity contribution in [3.8, 4) is 33.8 Å². The summed E-state index contributed by atoms with van der Waals surface area (Å²) >= 11 is 0. The Labute approximate surface area is 206 Å². The molecule has 0 unspecified atom stereocenters. The molecule has 0 spiro atoms. The number of ether oxygens (including phenoxy) is 3. The van der Waals surface area contributed by atoms with Crippen molar-refractivity contribution in [1.82, 2.24) is 0 Å². The summed E-state index contributed by atoms with van der Waals surface area (Å²) in [6, 6.07) is 18.9. The Hall–Kier alpha value is -3.84. The number of hydrogen-bond acceptors (Lipinski definition) is 3. The van der Waals surface area contributed by atoms with Crippen LogP contribution in [0, 0.1) is 23.3 Å². The fourth-order valence-corrected chi connectivity index (χ4v) is 3.72. The Balaban J connectivity index is 1.48. The molecule has 186 valence electrons. The zero-order valence-corrected chi connectivity index (χ0v) is 19.8. The van der Waals surface area contributed by atoms with Crippen molar-refractivity contribution < 1.29 is 31.8 Å². The van der Waals surface area contributed by atoms with Gasteiger partial charge >= 0.3 is 0 Å². The van der Waals surface area contributed by atoms with Crippen LogP contribution in [-0.2, 0) is 18.0 Å². The highest BCUT2D eigenvalue weighted by Crippen LogP contribution is 2.33. The van der Waals surface area contributed by atoms with E-state index in [1.165, 1.54) is 31.4 Å². The van der Waals surface area contributed by atoms with Crippen LogP contribution >= 0.6 is 0 Å². The van der Waals surface area contributed by atoms with Gasteiger partial charge in [-0.15, -0.1) is 0 Å². The first-order valence-corrected chi connectivity index (χ1v) is 11.3. The van der Waals surface area contributed by atoms with Crippen molar-refractivity contribution in [2.45, 2.75) is 20.1 Å². The molecule has 0 saturated heterocycles. The first-order chi connectivity index (χ1) is 17.4. The van der Waals surface area contributed by atoms with E-state index >= 15 is 0 Å². The second kappa shape index (κ2) is 11.3. The van der Waals surface area contributed by atoms with Crippen molar-refractivity contribution in [1.29, 1.82) is 0 Å². The summed E-state index contributed by atoms with van der Waals surface area (Å²) in [5.41, 5.74) is 1.39. The lowest BCUT2D eigenvalue weighted by molar-refractivity contribution is 0.130. The van der Waals surface area contributed by atoms with E-state index in [9.17, 15) is 17.6 Å². The van der Waals surface area contributed by atoms with Crippen molar-refractivity contribution in [2.75, 3.05) is 13.7 Å².